The van der Waals surface area contributed by atoms with Gasteiger partial charge in [-0.05, 0) is 23.9 Å². The van der Waals surface area contributed by atoms with Gasteiger partial charge in [-0.3, -0.25) is 9.78 Å². The van der Waals surface area contributed by atoms with Gasteiger partial charge in [0.25, 0.3) is 0 Å². The van der Waals surface area contributed by atoms with Crippen molar-refractivity contribution in [1.82, 2.24) is 9.88 Å². The number of thiophene rings is 1. The summed E-state index contributed by atoms with van der Waals surface area (Å²) in [4.78, 5) is 18.7. The zero-order valence-electron chi connectivity index (χ0n) is 10.1. The minimum Gasteiger partial charge on any atom is -0.383 e. The van der Waals surface area contributed by atoms with E-state index in [0.29, 0.717) is 0 Å². The Morgan fingerprint density at radius 1 is 1.47 bits per heavy atom. The van der Waals surface area contributed by atoms with E-state index in [-0.39, 0.29) is 5.78 Å². The minimum absolute atomic E-state index is 0.0531. The molecule has 0 unspecified atom stereocenters. The fraction of sp³-hybridized carbons (Fsp3) is 0.231. The highest BCUT2D eigenvalue weighted by Gasteiger charge is 2.12. The molecule has 0 aliphatic rings. The van der Waals surface area contributed by atoms with Crippen molar-refractivity contribution in [2.75, 3.05) is 14.1 Å². The summed E-state index contributed by atoms with van der Waals surface area (Å²) in [6.07, 6.45) is 6.93. The van der Waals surface area contributed by atoms with E-state index in [1.54, 1.807) is 24.7 Å². The van der Waals surface area contributed by atoms with Gasteiger partial charge in [-0.2, -0.15) is 0 Å². The zero-order valence-corrected chi connectivity index (χ0v) is 10.9. The highest BCUT2D eigenvalue weighted by molar-refractivity contribution is 7.21. The highest BCUT2D eigenvalue weighted by atomic mass is 32.1. The minimum atomic E-state index is 0.0531. The first-order chi connectivity index (χ1) is 8.09. The third-order valence-electron chi connectivity index (χ3n) is 2.49. The zero-order chi connectivity index (χ0) is 12.4. The van der Waals surface area contributed by atoms with Crippen LogP contribution in [-0.4, -0.2) is 29.8 Å². The normalized spacial score (nSPS) is 11.2. The Balaban J connectivity index is 2.42. The van der Waals surface area contributed by atoms with E-state index < -0.39 is 0 Å². The van der Waals surface area contributed by atoms with Crippen molar-refractivity contribution >= 4 is 27.2 Å². The van der Waals surface area contributed by atoms with Gasteiger partial charge in [-0.25, -0.2) is 0 Å². The number of carbonyl (C=O) groups excluding carboxylic acids is 1. The number of hydrogen-bond donors (Lipinski definition) is 0. The number of aromatic nitrogens is 1. The van der Waals surface area contributed by atoms with Crippen LogP contribution in [0.3, 0.4) is 0 Å². The molecule has 0 spiro atoms. The maximum atomic E-state index is 12.0. The summed E-state index contributed by atoms with van der Waals surface area (Å²) in [6.45, 7) is 1.98. The number of carbonyl (C=O) groups is 1. The average Bonchev–Trinajstić information content (AvgIpc) is 2.64. The number of aryl methyl sites for hydroxylation is 1. The molecule has 0 fully saturated rings. The lowest BCUT2D eigenvalue weighted by Gasteiger charge is -2.02. The molecule has 0 aliphatic heterocycles. The third kappa shape index (κ3) is 2.36. The fourth-order valence-corrected chi connectivity index (χ4v) is 2.70. The first kappa shape index (κ1) is 11.8. The van der Waals surface area contributed by atoms with Crippen LogP contribution in [0, 0.1) is 6.92 Å². The molecular formula is C13H14N2OS. The number of fused-ring (bicyclic) bond motifs is 1. The van der Waals surface area contributed by atoms with E-state index >= 15 is 0 Å². The summed E-state index contributed by atoms with van der Waals surface area (Å²) in [6, 6.07) is 1.95. The summed E-state index contributed by atoms with van der Waals surface area (Å²) >= 11 is 1.50. The number of rotatable bonds is 3. The Hall–Kier alpha value is -1.68. The molecule has 0 aliphatic carbocycles. The first-order valence-electron chi connectivity index (χ1n) is 5.31. The maximum absolute atomic E-state index is 12.0. The molecule has 2 aromatic heterocycles. The second-order valence-electron chi connectivity index (χ2n) is 4.07. The lowest BCUT2D eigenvalue weighted by atomic mass is 10.1. The number of hydrogen-bond acceptors (Lipinski definition) is 4. The molecule has 2 heterocycles. The van der Waals surface area contributed by atoms with E-state index in [9.17, 15) is 4.79 Å². The summed E-state index contributed by atoms with van der Waals surface area (Å²) < 4.78 is 1.06. The summed E-state index contributed by atoms with van der Waals surface area (Å²) in [5, 5.41) is 1.12. The van der Waals surface area contributed by atoms with Crippen LogP contribution in [0.1, 0.15) is 15.2 Å². The number of nitrogens with zero attached hydrogens (tertiary/aromatic N) is 2. The van der Waals surface area contributed by atoms with Crippen molar-refractivity contribution in [3.8, 4) is 0 Å². The van der Waals surface area contributed by atoms with Crippen molar-refractivity contribution in [2.24, 2.45) is 0 Å². The molecule has 2 aromatic rings. The van der Waals surface area contributed by atoms with E-state index in [1.807, 2.05) is 32.0 Å². The van der Waals surface area contributed by atoms with Gasteiger partial charge in [0.1, 0.15) is 0 Å². The Morgan fingerprint density at radius 3 is 2.88 bits per heavy atom. The predicted octanol–water partition coefficient (Wildman–Crippen LogP) is 2.86. The molecule has 0 aromatic carbocycles. The Morgan fingerprint density at radius 2 is 2.24 bits per heavy atom. The Kier molecular flexibility index (Phi) is 3.24. The second-order valence-corrected chi connectivity index (χ2v) is 5.12. The molecular weight excluding hydrogens is 232 g/mol. The van der Waals surface area contributed by atoms with E-state index in [4.69, 9.17) is 0 Å². The molecule has 0 bridgehead atoms. The van der Waals surface area contributed by atoms with Gasteiger partial charge in [0.2, 0.25) is 0 Å². The SMILES string of the molecule is Cc1c(C(=O)C=CN(C)C)sc2cnccc12. The van der Waals surface area contributed by atoms with Crippen LogP contribution >= 0.6 is 11.3 Å². The lowest BCUT2D eigenvalue weighted by Crippen LogP contribution is -2.02. The topological polar surface area (TPSA) is 33.2 Å². The summed E-state index contributed by atoms with van der Waals surface area (Å²) in [7, 11) is 3.79. The van der Waals surface area contributed by atoms with Gasteiger partial charge in [0, 0.05) is 38.8 Å². The Labute approximate surface area is 104 Å². The first-order valence-corrected chi connectivity index (χ1v) is 6.13. The summed E-state index contributed by atoms with van der Waals surface area (Å²) in [5.41, 5.74) is 1.04. The van der Waals surface area contributed by atoms with Crippen LogP contribution in [0.15, 0.2) is 30.7 Å². The average molecular weight is 246 g/mol. The van der Waals surface area contributed by atoms with Crippen molar-refractivity contribution in [1.29, 1.82) is 0 Å². The van der Waals surface area contributed by atoms with Crippen LogP contribution in [-0.2, 0) is 0 Å². The number of pyridine rings is 1. The standard InChI is InChI=1S/C13H14N2OS/c1-9-10-4-6-14-8-12(10)17-13(9)11(16)5-7-15(2)3/h4-8H,1-3H3. The molecule has 4 heteroatoms. The molecule has 2 rings (SSSR count). The van der Waals surface area contributed by atoms with Crippen LogP contribution in [0.5, 0.6) is 0 Å². The highest BCUT2D eigenvalue weighted by Crippen LogP contribution is 2.30. The molecule has 0 amide bonds. The molecule has 0 N–H and O–H groups in total. The molecule has 0 saturated heterocycles. The van der Waals surface area contributed by atoms with Crippen LogP contribution in [0.2, 0.25) is 0 Å². The molecule has 0 atom stereocenters. The smallest absolute Gasteiger partial charge is 0.197 e. The summed E-state index contributed by atoms with van der Waals surface area (Å²) in [5.74, 6) is 0.0531. The second kappa shape index (κ2) is 4.67. The van der Waals surface area contributed by atoms with Crippen LogP contribution in [0.4, 0.5) is 0 Å². The van der Waals surface area contributed by atoms with E-state index in [0.717, 1.165) is 20.5 Å². The maximum Gasteiger partial charge on any atom is 0.197 e. The quantitative estimate of drug-likeness (QED) is 0.616. The molecule has 17 heavy (non-hydrogen) atoms. The molecule has 0 saturated carbocycles. The molecule has 88 valence electrons. The van der Waals surface area contributed by atoms with Gasteiger partial charge >= 0.3 is 0 Å². The van der Waals surface area contributed by atoms with Crippen molar-refractivity contribution in [3.63, 3.8) is 0 Å². The predicted molar refractivity (Wildman–Crippen MR) is 71.5 cm³/mol. The Bertz CT molecular complexity index is 584. The van der Waals surface area contributed by atoms with Crippen LogP contribution < -0.4 is 0 Å². The van der Waals surface area contributed by atoms with Gasteiger partial charge in [0.15, 0.2) is 5.78 Å². The van der Waals surface area contributed by atoms with Crippen molar-refractivity contribution in [2.45, 2.75) is 6.92 Å². The third-order valence-corrected chi connectivity index (χ3v) is 3.75. The van der Waals surface area contributed by atoms with Crippen LogP contribution in [0.25, 0.3) is 10.1 Å². The van der Waals surface area contributed by atoms with Crippen molar-refractivity contribution in [3.05, 3.63) is 41.2 Å². The largest absolute Gasteiger partial charge is 0.383 e. The van der Waals surface area contributed by atoms with Gasteiger partial charge in [0.05, 0.1) is 9.58 Å². The number of ketones is 1. The molecule has 0 radical (unpaired) electrons. The number of allylic oxidation sites excluding steroid dienone is 1. The van der Waals surface area contributed by atoms with Crippen molar-refractivity contribution < 1.29 is 4.79 Å². The monoisotopic (exact) mass is 246 g/mol. The van der Waals surface area contributed by atoms with Gasteiger partial charge < -0.3 is 4.90 Å². The lowest BCUT2D eigenvalue weighted by molar-refractivity contribution is 0.104. The van der Waals surface area contributed by atoms with Gasteiger partial charge in [-0.15, -0.1) is 11.3 Å². The molecule has 3 nitrogen and oxygen atoms in total. The fourth-order valence-electron chi connectivity index (χ4n) is 1.61. The van der Waals surface area contributed by atoms with E-state index in [2.05, 4.69) is 4.98 Å². The van der Waals surface area contributed by atoms with Gasteiger partial charge in [-0.1, -0.05) is 0 Å². The van der Waals surface area contributed by atoms with E-state index in [1.165, 1.54) is 11.3 Å².